The van der Waals surface area contributed by atoms with Crippen LogP contribution in [-0.2, 0) is 4.79 Å². The Hall–Kier alpha value is -0.410. The van der Waals surface area contributed by atoms with Crippen molar-refractivity contribution in [3.63, 3.8) is 0 Å². The molecule has 0 saturated heterocycles. The molecule has 0 aliphatic heterocycles. The normalized spacial score (nSPS) is 16.8. The van der Waals surface area contributed by atoms with Gasteiger partial charge in [-0.1, -0.05) is 59.8 Å². The Morgan fingerprint density at radius 3 is 1.70 bits per heavy atom. The number of hydrogen-bond donors (Lipinski definition) is 2. The summed E-state index contributed by atoms with van der Waals surface area (Å²) in [4.78, 5) is 11.9. The van der Waals surface area contributed by atoms with Gasteiger partial charge in [0.05, 0.1) is 0 Å². The molecule has 0 bridgehead atoms. The molecule has 0 spiro atoms. The molecule has 0 amide bonds. The largest absolute Gasteiger partial charge is 0.396 e. The highest BCUT2D eigenvalue weighted by molar-refractivity contribution is 5.80. The first kappa shape index (κ1) is 22.6. The van der Waals surface area contributed by atoms with Gasteiger partial charge in [0, 0.05) is 25.6 Å². The maximum atomic E-state index is 11.9. The fourth-order valence-corrected chi connectivity index (χ4v) is 3.00. The number of hydrogen-bond acceptors (Lipinski definition) is 3. The van der Waals surface area contributed by atoms with Gasteiger partial charge in [-0.05, 0) is 37.0 Å². The van der Waals surface area contributed by atoms with Gasteiger partial charge in [0.2, 0.25) is 0 Å². The van der Waals surface area contributed by atoms with E-state index in [1.165, 1.54) is 32.1 Å². The van der Waals surface area contributed by atoms with E-state index in [1.807, 2.05) is 6.92 Å². The first-order valence-corrected chi connectivity index (χ1v) is 9.65. The van der Waals surface area contributed by atoms with Crippen LogP contribution in [0.25, 0.3) is 0 Å². The second-order valence-electron chi connectivity index (χ2n) is 7.78. The van der Waals surface area contributed by atoms with Gasteiger partial charge in [-0.3, -0.25) is 4.79 Å². The standard InChI is InChI=1S/C20H40O3/c1-16(8-6-10-18(3)15-22)7-5-9-17(2)11-12-20(23)19(4)13-14-21/h16-19,21-22H,5-15H2,1-4H3/t16-,17-,18-,19-/m1/s1. The predicted octanol–water partition coefficient (Wildman–Crippen LogP) is 4.60. The van der Waals surface area contributed by atoms with Crippen LogP contribution in [0, 0.1) is 23.7 Å². The number of carbonyl (C=O) groups excluding carboxylic acids is 1. The van der Waals surface area contributed by atoms with Gasteiger partial charge in [-0.2, -0.15) is 0 Å². The minimum atomic E-state index is 0.00790. The van der Waals surface area contributed by atoms with Crippen molar-refractivity contribution in [3.8, 4) is 0 Å². The number of Topliss-reactive ketones (excluding diaryl/α,β-unsaturated/α-hetero) is 1. The summed E-state index contributed by atoms with van der Waals surface area (Å²) in [5, 5.41) is 17.9. The van der Waals surface area contributed by atoms with Crippen LogP contribution in [0.3, 0.4) is 0 Å². The topological polar surface area (TPSA) is 57.5 Å². The molecule has 23 heavy (non-hydrogen) atoms. The minimum absolute atomic E-state index is 0.00790. The van der Waals surface area contributed by atoms with E-state index >= 15 is 0 Å². The highest BCUT2D eigenvalue weighted by Gasteiger charge is 2.14. The number of carbonyl (C=O) groups is 1. The third-order valence-electron chi connectivity index (χ3n) is 5.09. The van der Waals surface area contributed by atoms with E-state index in [1.54, 1.807) is 0 Å². The maximum absolute atomic E-state index is 11.9. The smallest absolute Gasteiger partial charge is 0.135 e. The van der Waals surface area contributed by atoms with Gasteiger partial charge in [-0.15, -0.1) is 0 Å². The molecule has 0 heterocycles. The van der Waals surface area contributed by atoms with Crippen molar-refractivity contribution < 1.29 is 15.0 Å². The summed E-state index contributed by atoms with van der Waals surface area (Å²) in [6, 6.07) is 0. The van der Waals surface area contributed by atoms with Crippen molar-refractivity contribution >= 4 is 5.78 Å². The van der Waals surface area contributed by atoms with Crippen molar-refractivity contribution in [2.75, 3.05) is 13.2 Å². The van der Waals surface area contributed by atoms with Crippen molar-refractivity contribution in [2.45, 2.75) is 85.5 Å². The Morgan fingerprint density at radius 1 is 0.739 bits per heavy atom. The predicted molar refractivity (Wildman–Crippen MR) is 97.4 cm³/mol. The van der Waals surface area contributed by atoms with Gasteiger partial charge in [0.1, 0.15) is 5.78 Å². The van der Waals surface area contributed by atoms with Crippen molar-refractivity contribution in [3.05, 3.63) is 0 Å². The summed E-state index contributed by atoms with van der Waals surface area (Å²) < 4.78 is 0. The van der Waals surface area contributed by atoms with E-state index in [4.69, 9.17) is 10.2 Å². The Morgan fingerprint density at radius 2 is 1.22 bits per heavy atom. The van der Waals surface area contributed by atoms with Crippen LogP contribution in [0.15, 0.2) is 0 Å². The molecule has 4 atom stereocenters. The van der Waals surface area contributed by atoms with Gasteiger partial charge in [0.25, 0.3) is 0 Å². The first-order valence-electron chi connectivity index (χ1n) is 9.65. The molecule has 0 radical (unpaired) electrons. The van der Waals surface area contributed by atoms with Gasteiger partial charge in [-0.25, -0.2) is 0 Å². The van der Waals surface area contributed by atoms with Crippen LogP contribution in [-0.4, -0.2) is 29.2 Å². The zero-order valence-electron chi connectivity index (χ0n) is 15.9. The zero-order chi connectivity index (χ0) is 17.7. The lowest BCUT2D eigenvalue weighted by molar-refractivity contribution is -0.123. The fraction of sp³-hybridized carbons (Fsp3) is 0.950. The van der Waals surface area contributed by atoms with Crippen LogP contribution in [0.2, 0.25) is 0 Å². The van der Waals surface area contributed by atoms with Crippen LogP contribution < -0.4 is 0 Å². The Balaban J connectivity index is 3.65. The molecule has 0 aliphatic carbocycles. The summed E-state index contributed by atoms with van der Waals surface area (Å²) in [6.07, 6.45) is 9.58. The number of aliphatic hydroxyl groups is 2. The Kier molecular flexibility index (Phi) is 13.7. The quantitative estimate of drug-likeness (QED) is 0.462. The Bertz CT molecular complexity index is 291. The van der Waals surface area contributed by atoms with Gasteiger partial charge < -0.3 is 10.2 Å². The van der Waals surface area contributed by atoms with Crippen LogP contribution >= 0.6 is 0 Å². The van der Waals surface area contributed by atoms with Crippen LogP contribution in [0.5, 0.6) is 0 Å². The summed E-state index contributed by atoms with van der Waals surface area (Å²) in [5.41, 5.74) is 0. The molecule has 0 rings (SSSR count). The summed E-state index contributed by atoms with van der Waals surface area (Å²) in [7, 11) is 0. The number of rotatable bonds is 15. The molecule has 3 nitrogen and oxygen atoms in total. The lowest BCUT2D eigenvalue weighted by atomic mass is 9.90. The molecule has 0 aromatic rings. The molecule has 0 unspecified atom stereocenters. The second kappa shape index (κ2) is 14.0. The molecule has 0 aromatic carbocycles. The van der Waals surface area contributed by atoms with E-state index in [-0.39, 0.29) is 12.5 Å². The molecule has 138 valence electrons. The van der Waals surface area contributed by atoms with Crippen LogP contribution in [0.1, 0.15) is 85.5 Å². The SMILES string of the molecule is C[C@H](CCC[C@@H](C)CCC(=O)[C@H](C)CCO)CCC[C@@H](C)CO. The van der Waals surface area contributed by atoms with Crippen LogP contribution in [0.4, 0.5) is 0 Å². The summed E-state index contributed by atoms with van der Waals surface area (Å²) in [5.74, 6) is 2.12. The van der Waals surface area contributed by atoms with E-state index < -0.39 is 0 Å². The van der Waals surface area contributed by atoms with E-state index in [2.05, 4.69) is 20.8 Å². The maximum Gasteiger partial charge on any atom is 0.135 e. The lowest BCUT2D eigenvalue weighted by Crippen LogP contribution is -2.13. The second-order valence-corrected chi connectivity index (χ2v) is 7.78. The average Bonchev–Trinajstić information content (AvgIpc) is 2.52. The van der Waals surface area contributed by atoms with E-state index in [0.29, 0.717) is 37.1 Å². The zero-order valence-corrected chi connectivity index (χ0v) is 15.9. The van der Waals surface area contributed by atoms with Crippen molar-refractivity contribution in [2.24, 2.45) is 23.7 Å². The van der Waals surface area contributed by atoms with Crippen molar-refractivity contribution in [1.29, 1.82) is 0 Å². The average molecular weight is 329 g/mol. The summed E-state index contributed by atoms with van der Waals surface area (Å²) in [6.45, 7) is 9.02. The molecule has 3 heteroatoms. The molecule has 0 saturated carbocycles. The van der Waals surface area contributed by atoms with Gasteiger partial charge in [0.15, 0.2) is 0 Å². The molecule has 0 fully saturated rings. The third kappa shape index (κ3) is 12.7. The highest BCUT2D eigenvalue weighted by atomic mass is 16.3. The van der Waals surface area contributed by atoms with E-state index in [0.717, 1.165) is 18.8 Å². The highest BCUT2D eigenvalue weighted by Crippen LogP contribution is 2.21. The third-order valence-corrected chi connectivity index (χ3v) is 5.09. The first-order chi connectivity index (χ1) is 10.9. The fourth-order valence-electron chi connectivity index (χ4n) is 3.00. The van der Waals surface area contributed by atoms with Gasteiger partial charge >= 0.3 is 0 Å². The molecular formula is C20H40O3. The number of ketones is 1. The lowest BCUT2D eigenvalue weighted by Gasteiger charge is -2.16. The minimum Gasteiger partial charge on any atom is -0.396 e. The van der Waals surface area contributed by atoms with E-state index in [9.17, 15) is 4.79 Å². The molecule has 2 N–H and O–H groups in total. The van der Waals surface area contributed by atoms with Crippen molar-refractivity contribution in [1.82, 2.24) is 0 Å². The molecular weight excluding hydrogens is 288 g/mol. The summed E-state index contributed by atoms with van der Waals surface area (Å²) >= 11 is 0. The molecule has 0 aliphatic rings. The number of aliphatic hydroxyl groups excluding tert-OH is 2. The monoisotopic (exact) mass is 328 g/mol. The molecule has 0 aromatic heterocycles. The Labute approximate surface area is 143 Å².